The molecule has 0 aliphatic heterocycles. The van der Waals surface area contributed by atoms with Crippen LogP contribution in [0.2, 0.25) is 0 Å². The first-order valence-electron chi connectivity index (χ1n) is 4.17. The molecule has 0 unspecified atom stereocenters. The van der Waals surface area contributed by atoms with Crippen molar-refractivity contribution in [1.82, 2.24) is 0 Å². The summed E-state index contributed by atoms with van der Waals surface area (Å²) in [4.78, 5) is 11.0. The lowest BCUT2D eigenvalue weighted by molar-refractivity contribution is -0.143. The highest BCUT2D eigenvalue weighted by Gasteiger charge is 2.12. The van der Waals surface area contributed by atoms with Crippen LogP contribution in [0.4, 0.5) is 0 Å². The predicted molar refractivity (Wildman–Crippen MR) is 59.7 cm³/mol. The van der Waals surface area contributed by atoms with Gasteiger partial charge in [-0.25, -0.2) is 0 Å². The summed E-state index contributed by atoms with van der Waals surface area (Å²) < 4.78 is 4.80. The van der Waals surface area contributed by atoms with E-state index in [9.17, 15) is 4.79 Å². The van der Waals surface area contributed by atoms with E-state index in [2.05, 4.69) is 0 Å². The van der Waals surface area contributed by atoms with Crippen LogP contribution in [-0.4, -0.2) is 12.6 Å². The fourth-order valence-corrected chi connectivity index (χ4v) is 1.73. The largest absolute Gasteiger partial charge is 0.466 e. The van der Waals surface area contributed by atoms with Crippen LogP contribution in [0.15, 0.2) is 16.8 Å². The number of rotatable bonds is 4. The predicted octanol–water partition coefficient (Wildman–Crippen LogP) is 2.12. The average molecular weight is 236 g/mol. The molecule has 1 aromatic rings. The first kappa shape index (κ1) is 13.4. The Balaban J connectivity index is 0.00000169. The minimum Gasteiger partial charge on any atom is -0.466 e. The lowest BCUT2D eigenvalue weighted by Gasteiger charge is -2.08. The third-order valence-corrected chi connectivity index (χ3v) is 2.36. The quantitative estimate of drug-likeness (QED) is 0.814. The van der Waals surface area contributed by atoms with Crippen LogP contribution >= 0.6 is 23.7 Å². The van der Waals surface area contributed by atoms with Gasteiger partial charge in [-0.05, 0) is 29.3 Å². The highest BCUT2D eigenvalue weighted by molar-refractivity contribution is 7.07. The first-order chi connectivity index (χ1) is 6.24. The highest BCUT2D eigenvalue weighted by Crippen LogP contribution is 2.17. The Morgan fingerprint density at radius 2 is 2.43 bits per heavy atom. The van der Waals surface area contributed by atoms with E-state index < -0.39 is 0 Å². The van der Waals surface area contributed by atoms with Gasteiger partial charge in [0.15, 0.2) is 0 Å². The molecule has 80 valence electrons. The standard InChI is InChI=1S/C9H13NO2S.ClH/c1-2-12-9(11)5-8(10)7-3-4-13-6-7;/h3-4,6,8H,2,5,10H2,1H3;1H/t8-;/m1./s1. The second-order valence-corrected chi connectivity index (χ2v) is 3.45. The Morgan fingerprint density at radius 3 is 2.93 bits per heavy atom. The molecule has 2 N–H and O–H groups in total. The Bertz CT molecular complexity index is 264. The van der Waals surface area contributed by atoms with Gasteiger partial charge in [-0.15, -0.1) is 12.4 Å². The molecule has 1 atom stereocenters. The second-order valence-electron chi connectivity index (χ2n) is 2.67. The molecule has 14 heavy (non-hydrogen) atoms. The molecule has 0 saturated carbocycles. The summed E-state index contributed by atoms with van der Waals surface area (Å²) in [7, 11) is 0. The van der Waals surface area contributed by atoms with Gasteiger partial charge >= 0.3 is 5.97 Å². The van der Waals surface area contributed by atoms with Gasteiger partial charge < -0.3 is 10.5 Å². The zero-order valence-electron chi connectivity index (χ0n) is 7.93. The van der Waals surface area contributed by atoms with E-state index >= 15 is 0 Å². The van der Waals surface area contributed by atoms with Gasteiger partial charge in [-0.3, -0.25) is 4.79 Å². The fraction of sp³-hybridized carbons (Fsp3) is 0.444. The van der Waals surface area contributed by atoms with E-state index in [-0.39, 0.29) is 30.8 Å². The molecule has 5 heteroatoms. The molecule has 0 fully saturated rings. The molecule has 0 radical (unpaired) electrons. The van der Waals surface area contributed by atoms with Gasteiger partial charge in [0.2, 0.25) is 0 Å². The van der Waals surface area contributed by atoms with Crippen molar-refractivity contribution in [2.24, 2.45) is 5.73 Å². The van der Waals surface area contributed by atoms with E-state index in [1.807, 2.05) is 16.8 Å². The summed E-state index contributed by atoms with van der Waals surface area (Å²) in [6.45, 7) is 2.20. The highest BCUT2D eigenvalue weighted by atomic mass is 35.5. The number of hydrogen-bond donors (Lipinski definition) is 1. The van der Waals surface area contributed by atoms with Gasteiger partial charge in [0.05, 0.1) is 13.0 Å². The smallest absolute Gasteiger partial charge is 0.307 e. The minimum absolute atomic E-state index is 0. The zero-order valence-corrected chi connectivity index (χ0v) is 9.57. The summed E-state index contributed by atoms with van der Waals surface area (Å²) in [6, 6.07) is 1.69. The molecule has 1 aromatic heterocycles. The van der Waals surface area contributed by atoms with Crippen molar-refractivity contribution in [3.8, 4) is 0 Å². The Kier molecular flexibility index (Phi) is 6.53. The maximum Gasteiger partial charge on any atom is 0.307 e. The van der Waals surface area contributed by atoms with Crippen molar-refractivity contribution < 1.29 is 9.53 Å². The van der Waals surface area contributed by atoms with Crippen molar-refractivity contribution in [3.05, 3.63) is 22.4 Å². The van der Waals surface area contributed by atoms with Crippen LogP contribution in [0.1, 0.15) is 24.9 Å². The van der Waals surface area contributed by atoms with Crippen molar-refractivity contribution >= 4 is 29.7 Å². The van der Waals surface area contributed by atoms with Crippen molar-refractivity contribution in [2.75, 3.05) is 6.61 Å². The third kappa shape index (κ3) is 4.09. The summed E-state index contributed by atoms with van der Waals surface area (Å²) in [5.41, 5.74) is 6.77. The molecule has 3 nitrogen and oxygen atoms in total. The monoisotopic (exact) mass is 235 g/mol. The normalized spacial score (nSPS) is 11.6. The lowest BCUT2D eigenvalue weighted by Crippen LogP contribution is -2.16. The van der Waals surface area contributed by atoms with E-state index in [1.54, 1.807) is 18.3 Å². The molecule has 1 heterocycles. The number of ether oxygens (including phenoxy) is 1. The maximum absolute atomic E-state index is 11.0. The number of carbonyl (C=O) groups is 1. The topological polar surface area (TPSA) is 52.3 Å². The third-order valence-electron chi connectivity index (χ3n) is 1.66. The van der Waals surface area contributed by atoms with Crippen molar-refractivity contribution in [1.29, 1.82) is 0 Å². The summed E-state index contributed by atoms with van der Waals surface area (Å²) in [5, 5.41) is 3.89. The average Bonchev–Trinajstić information content (AvgIpc) is 2.55. The van der Waals surface area contributed by atoms with Gasteiger partial charge in [0.25, 0.3) is 0 Å². The number of halogens is 1. The summed E-state index contributed by atoms with van der Waals surface area (Å²) in [6.07, 6.45) is 0.255. The van der Waals surface area contributed by atoms with Crippen LogP contribution in [-0.2, 0) is 9.53 Å². The first-order valence-corrected chi connectivity index (χ1v) is 5.11. The number of carbonyl (C=O) groups excluding carboxylic acids is 1. The van der Waals surface area contributed by atoms with Crippen LogP contribution < -0.4 is 5.73 Å². The number of hydrogen-bond acceptors (Lipinski definition) is 4. The summed E-state index contributed by atoms with van der Waals surface area (Å²) in [5.74, 6) is -0.235. The van der Waals surface area contributed by atoms with E-state index in [0.717, 1.165) is 5.56 Å². The molecule has 0 aliphatic rings. The van der Waals surface area contributed by atoms with Crippen molar-refractivity contribution in [3.63, 3.8) is 0 Å². The molecule has 0 bridgehead atoms. The molecular formula is C9H14ClNO2S. The van der Waals surface area contributed by atoms with Gasteiger partial charge in [0.1, 0.15) is 0 Å². The second kappa shape index (κ2) is 6.81. The number of esters is 1. The Hall–Kier alpha value is -0.580. The van der Waals surface area contributed by atoms with Crippen LogP contribution in [0.5, 0.6) is 0 Å². The molecule has 0 spiro atoms. The van der Waals surface area contributed by atoms with Crippen molar-refractivity contribution in [2.45, 2.75) is 19.4 Å². The molecular weight excluding hydrogens is 222 g/mol. The summed E-state index contributed by atoms with van der Waals surface area (Å²) >= 11 is 1.58. The van der Waals surface area contributed by atoms with Gasteiger partial charge in [-0.2, -0.15) is 11.3 Å². The molecule has 0 aromatic carbocycles. The SMILES string of the molecule is CCOC(=O)C[C@@H](N)c1ccsc1.Cl. The molecule has 1 rings (SSSR count). The van der Waals surface area contributed by atoms with Gasteiger partial charge in [0, 0.05) is 6.04 Å². The minimum atomic E-state index is -0.235. The van der Waals surface area contributed by atoms with Crippen LogP contribution in [0.3, 0.4) is 0 Å². The maximum atomic E-state index is 11.0. The Labute approximate surface area is 93.7 Å². The van der Waals surface area contributed by atoms with Crippen LogP contribution in [0.25, 0.3) is 0 Å². The van der Waals surface area contributed by atoms with Gasteiger partial charge in [-0.1, -0.05) is 0 Å². The van der Waals surface area contributed by atoms with Crippen LogP contribution in [0, 0.1) is 0 Å². The zero-order chi connectivity index (χ0) is 9.68. The molecule has 0 aliphatic carbocycles. The Morgan fingerprint density at radius 1 is 1.71 bits per heavy atom. The number of nitrogens with two attached hydrogens (primary N) is 1. The van der Waals surface area contributed by atoms with E-state index in [4.69, 9.17) is 10.5 Å². The van der Waals surface area contributed by atoms with E-state index in [0.29, 0.717) is 6.61 Å². The fourth-order valence-electron chi connectivity index (χ4n) is 1.00. The molecule has 0 saturated heterocycles. The number of thiophene rings is 1. The molecule has 0 amide bonds. The lowest BCUT2D eigenvalue weighted by atomic mass is 10.1. The van der Waals surface area contributed by atoms with E-state index in [1.165, 1.54) is 0 Å².